The molecule has 10 heteroatoms. The van der Waals surface area contributed by atoms with Gasteiger partial charge in [-0.3, -0.25) is 4.79 Å². The summed E-state index contributed by atoms with van der Waals surface area (Å²) in [5.74, 6) is -0.778. The molecule has 7 nitrogen and oxygen atoms in total. The van der Waals surface area contributed by atoms with Crippen LogP contribution in [0.15, 0.2) is 35.0 Å². The van der Waals surface area contributed by atoms with Gasteiger partial charge in [0.15, 0.2) is 5.69 Å². The summed E-state index contributed by atoms with van der Waals surface area (Å²) in [6, 6.07) is 7.11. The lowest BCUT2D eigenvalue weighted by Gasteiger charge is -2.33. The molecule has 1 fully saturated rings. The molecule has 4 aromatic rings. The van der Waals surface area contributed by atoms with Gasteiger partial charge in [-0.15, -0.1) is 11.3 Å². The second-order valence-electron chi connectivity index (χ2n) is 8.53. The summed E-state index contributed by atoms with van der Waals surface area (Å²) in [6.45, 7) is 2.23. The third-order valence-electron chi connectivity index (χ3n) is 6.30. The predicted octanol–water partition coefficient (Wildman–Crippen LogP) is 4.78. The number of fused-ring (bicyclic) bond motifs is 2. The van der Waals surface area contributed by atoms with Crippen LogP contribution in [0.4, 0.5) is 8.78 Å². The molecule has 1 atom stereocenters. The van der Waals surface area contributed by atoms with Gasteiger partial charge in [-0.1, -0.05) is 19.1 Å². The molecular weight excluding hydrogens is 436 g/mol. The van der Waals surface area contributed by atoms with Crippen LogP contribution >= 0.6 is 11.3 Å². The zero-order chi connectivity index (χ0) is 22.0. The molecule has 0 bridgehead atoms. The second-order valence-corrected chi connectivity index (χ2v) is 9.59. The molecule has 6 rings (SSSR count). The van der Waals surface area contributed by atoms with Crippen molar-refractivity contribution in [2.24, 2.45) is 0 Å². The molecule has 2 aliphatic rings. The summed E-state index contributed by atoms with van der Waals surface area (Å²) < 4.78 is 34.3. The maximum Gasteiger partial charge on any atom is 0.292 e. The highest BCUT2D eigenvalue weighted by Crippen LogP contribution is 2.48. The Morgan fingerprint density at radius 3 is 2.88 bits per heavy atom. The van der Waals surface area contributed by atoms with Crippen molar-refractivity contribution in [1.29, 1.82) is 0 Å². The first kappa shape index (κ1) is 19.5. The number of alkyl halides is 2. The summed E-state index contributed by atoms with van der Waals surface area (Å²) in [4.78, 5) is 31.5. The van der Waals surface area contributed by atoms with E-state index < -0.39 is 24.1 Å². The van der Waals surface area contributed by atoms with Crippen LogP contribution in [0.1, 0.15) is 70.8 Å². The lowest BCUT2D eigenvalue weighted by Crippen LogP contribution is -2.41. The highest BCUT2D eigenvalue weighted by Gasteiger charge is 2.47. The van der Waals surface area contributed by atoms with E-state index in [-0.39, 0.29) is 17.1 Å². The van der Waals surface area contributed by atoms with E-state index in [0.717, 1.165) is 28.8 Å². The monoisotopic (exact) mass is 455 g/mol. The van der Waals surface area contributed by atoms with Gasteiger partial charge in [0.1, 0.15) is 11.0 Å². The molecule has 3 aromatic heterocycles. The number of nitrogens with zero attached hydrogens (tertiary/aromatic N) is 4. The molecule has 0 unspecified atom stereocenters. The molecular formula is C22H19F2N5O2S. The molecule has 4 heterocycles. The van der Waals surface area contributed by atoms with Gasteiger partial charge in [-0.2, -0.15) is 0 Å². The number of benzene rings is 1. The number of halogens is 2. The Kier molecular flexibility index (Phi) is 4.23. The van der Waals surface area contributed by atoms with Crippen molar-refractivity contribution in [3.63, 3.8) is 0 Å². The van der Waals surface area contributed by atoms with Crippen molar-refractivity contribution in [1.82, 2.24) is 24.8 Å². The quantitative estimate of drug-likeness (QED) is 0.478. The SMILES string of the molecule is CC1(c2nc(C(F)F)c(C(=O)N3CCc4[nH]cnc4[C@H]3c3nc4ccccc4s3)o2)CC1. The maximum atomic E-state index is 13.8. The zero-order valence-corrected chi connectivity index (χ0v) is 18.0. The summed E-state index contributed by atoms with van der Waals surface area (Å²) in [5, 5.41) is 0.681. The fourth-order valence-corrected chi connectivity index (χ4v) is 5.26. The van der Waals surface area contributed by atoms with Gasteiger partial charge in [-0.05, 0) is 25.0 Å². The fraction of sp³-hybridized carbons (Fsp3) is 0.364. The first-order chi connectivity index (χ1) is 15.4. The van der Waals surface area contributed by atoms with Gasteiger partial charge < -0.3 is 14.3 Å². The third kappa shape index (κ3) is 2.96. The number of imidazole rings is 1. The Bertz CT molecular complexity index is 1310. The zero-order valence-electron chi connectivity index (χ0n) is 17.1. The fourth-order valence-electron chi connectivity index (χ4n) is 4.18. The van der Waals surface area contributed by atoms with Crippen LogP contribution in [0.3, 0.4) is 0 Å². The number of H-pyrrole nitrogens is 1. The average Bonchev–Trinajstić information content (AvgIpc) is 3.23. The van der Waals surface area contributed by atoms with Crippen LogP contribution in [0.2, 0.25) is 0 Å². The highest BCUT2D eigenvalue weighted by atomic mass is 32.1. The van der Waals surface area contributed by atoms with E-state index in [1.807, 2.05) is 31.2 Å². The standard InChI is InChI=1S/C22H19F2N5O2S/c1-22(7-8-22)21-28-15(18(23)24)17(31-21)20(30)29-9-6-12-14(26-10-25-12)16(29)19-27-11-4-2-3-5-13(11)32-19/h2-5,10,16,18H,6-9H2,1H3,(H,25,26)/t16-/m0/s1. The average molecular weight is 455 g/mol. The Labute approximate surface area is 185 Å². The number of rotatable bonds is 4. The summed E-state index contributed by atoms with van der Waals surface area (Å²) in [7, 11) is 0. The number of thiazole rings is 1. The van der Waals surface area contributed by atoms with Crippen LogP contribution < -0.4 is 0 Å². The highest BCUT2D eigenvalue weighted by molar-refractivity contribution is 7.18. The van der Waals surface area contributed by atoms with Gasteiger partial charge in [-0.25, -0.2) is 23.7 Å². The number of carbonyl (C=O) groups is 1. The summed E-state index contributed by atoms with van der Waals surface area (Å²) >= 11 is 1.46. The molecule has 1 amide bonds. The smallest absolute Gasteiger partial charge is 0.292 e. The number of amides is 1. The van der Waals surface area contributed by atoms with Crippen molar-refractivity contribution in [2.45, 2.75) is 44.1 Å². The number of carbonyl (C=O) groups excluding carboxylic acids is 1. The summed E-state index contributed by atoms with van der Waals surface area (Å²) in [5.41, 5.74) is 1.45. The molecule has 1 aliphatic heterocycles. The molecule has 1 aliphatic carbocycles. The number of aromatic nitrogens is 4. The van der Waals surface area contributed by atoms with Crippen molar-refractivity contribution < 1.29 is 18.0 Å². The minimum Gasteiger partial charge on any atom is -0.434 e. The number of para-hydroxylation sites is 1. The van der Waals surface area contributed by atoms with E-state index in [0.29, 0.717) is 23.7 Å². The normalized spacial score (nSPS) is 19.5. The minimum absolute atomic E-state index is 0.213. The van der Waals surface area contributed by atoms with E-state index in [1.54, 1.807) is 6.33 Å². The lowest BCUT2D eigenvalue weighted by atomic mass is 10.0. The minimum atomic E-state index is -2.90. The Hall–Kier alpha value is -3.14. The molecule has 164 valence electrons. The van der Waals surface area contributed by atoms with E-state index in [4.69, 9.17) is 9.40 Å². The van der Waals surface area contributed by atoms with Gasteiger partial charge in [0.05, 0.1) is 22.2 Å². The molecule has 1 N–H and O–H groups in total. The first-order valence-corrected chi connectivity index (χ1v) is 11.2. The van der Waals surface area contributed by atoms with Crippen molar-refractivity contribution >= 4 is 27.5 Å². The van der Waals surface area contributed by atoms with E-state index in [2.05, 4.69) is 15.0 Å². The molecule has 0 radical (unpaired) electrons. The first-order valence-electron chi connectivity index (χ1n) is 10.4. The molecule has 32 heavy (non-hydrogen) atoms. The summed E-state index contributed by atoms with van der Waals surface area (Å²) in [6.07, 6.45) is 0.826. The van der Waals surface area contributed by atoms with Crippen LogP contribution in [0.25, 0.3) is 10.2 Å². The van der Waals surface area contributed by atoms with Crippen LogP contribution in [-0.4, -0.2) is 37.3 Å². The van der Waals surface area contributed by atoms with Gasteiger partial charge >= 0.3 is 0 Å². The van der Waals surface area contributed by atoms with E-state index >= 15 is 0 Å². The van der Waals surface area contributed by atoms with Crippen LogP contribution in [0.5, 0.6) is 0 Å². The van der Waals surface area contributed by atoms with Gasteiger partial charge in [0, 0.05) is 24.1 Å². The van der Waals surface area contributed by atoms with Crippen molar-refractivity contribution in [3.05, 3.63) is 64.3 Å². The van der Waals surface area contributed by atoms with Crippen molar-refractivity contribution in [2.75, 3.05) is 6.54 Å². The van der Waals surface area contributed by atoms with Crippen LogP contribution in [-0.2, 0) is 11.8 Å². The number of nitrogens with one attached hydrogen (secondary N) is 1. The number of oxazole rings is 1. The molecule has 0 spiro atoms. The predicted molar refractivity (Wildman–Crippen MR) is 113 cm³/mol. The molecule has 1 saturated carbocycles. The lowest BCUT2D eigenvalue weighted by molar-refractivity contribution is 0.0640. The molecule has 0 saturated heterocycles. The van der Waals surface area contributed by atoms with E-state index in [1.165, 1.54) is 16.2 Å². The third-order valence-corrected chi connectivity index (χ3v) is 7.39. The number of hydrogen-bond acceptors (Lipinski definition) is 6. The Balaban J connectivity index is 1.45. The van der Waals surface area contributed by atoms with Gasteiger partial charge in [0.2, 0.25) is 11.7 Å². The largest absolute Gasteiger partial charge is 0.434 e. The Morgan fingerprint density at radius 1 is 1.31 bits per heavy atom. The number of aromatic amines is 1. The molecule has 1 aromatic carbocycles. The van der Waals surface area contributed by atoms with E-state index in [9.17, 15) is 13.6 Å². The van der Waals surface area contributed by atoms with Gasteiger partial charge in [0.25, 0.3) is 12.3 Å². The maximum absolute atomic E-state index is 13.8. The van der Waals surface area contributed by atoms with Crippen molar-refractivity contribution in [3.8, 4) is 0 Å². The topological polar surface area (TPSA) is 87.9 Å². The van der Waals surface area contributed by atoms with Crippen LogP contribution in [0, 0.1) is 0 Å². The Morgan fingerprint density at radius 2 is 2.12 bits per heavy atom. The number of hydrogen-bond donors (Lipinski definition) is 1. The second kappa shape index (κ2) is 6.93.